The number of aromatic nitrogens is 1. The lowest BCUT2D eigenvalue weighted by molar-refractivity contribution is 0.101. The number of carbonyl (C=O) groups excluding carboxylic acids is 1. The number of ketones is 1. The lowest BCUT2D eigenvalue weighted by atomic mass is 10.2. The van der Waals surface area contributed by atoms with Gasteiger partial charge in [-0.1, -0.05) is 0 Å². The minimum Gasteiger partial charge on any atom is -0.489 e. The van der Waals surface area contributed by atoms with E-state index in [1.54, 1.807) is 12.3 Å². The Bertz CT molecular complexity index is 339. The van der Waals surface area contributed by atoms with E-state index < -0.39 is 0 Å². The Kier molecular flexibility index (Phi) is 2.99. The first-order valence-electron chi connectivity index (χ1n) is 5.39. The Labute approximate surface area is 89.5 Å². The fourth-order valence-electron chi connectivity index (χ4n) is 1.86. The quantitative estimate of drug-likeness (QED) is 0.712. The molecule has 1 aromatic rings. The Morgan fingerprint density at radius 1 is 1.40 bits per heavy atom. The number of rotatable bonds is 3. The molecule has 0 atom stereocenters. The number of hydrogen-bond donors (Lipinski definition) is 0. The summed E-state index contributed by atoms with van der Waals surface area (Å²) in [6.45, 7) is 1.51. The second-order valence-corrected chi connectivity index (χ2v) is 3.96. The third-order valence-corrected chi connectivity index (χ3v) is 2.70. The van der Waals surface area contributed by atoms with Gasteiger partial charge in [-0.2, -0.15) is 0 Å². The highest BCUT2D eigenvalue weighted by Gasteiger charge is 2.16. The number of pyridine rings is 1. The first kappa shape index (κ1) is 10.1. The first-order chi connectivity index (χ1) is 7.25. The van der Waals surface area contributed by atoms with Gasteiger partial charge in [-0.05, 0) is 37.8 Å². The Hall–Kier alpha value is -1.38. The third-order valence-electron chi connectivity index (χ3n) is 2.70. The summed E-state index contributed by atoms with van der Waals surface area (Å²) in [7, 11) is 0. The van der Waals surface area contributed by atoms with Crippen LogP contribution in [-0.2, 0) is 0 Å². The lowest BCUT2D eigenvalue weighted by Crippen LogP contribution is -2.11. The smallest absolute Gasteiger partial charge is 0.178 e. The normalized spacial score (nSPS) is 16.6. The van der Waals surface area contributed by atoms with Crippen LogP contribution in [0.15, 0.2) is 18.3 Å². The number of nitrogens with zero attached hydrogens (tertiary/aromatic N) is 1. The summed E-state index contributed by atoms with van der Waals surface area (Å²) in [6.07, 6.45) is 6.75. The summed E-state index contributed by atoms with van der Waals surface area (Å²) in [4.78, 5) is 15.0. The predicted octanol–water partition coefficient (Wildman–Crippen LogP) is 2.61. The molecule has 1 aliphatic carbocycles. The van der Waals surface area contributed by atoms with Crippen LogP contribution in [0.1, 0.15) is 43.1 Å². The van der Waals surface area contributed by atoms with Crippen LogP contribution in [-0.4, -0.2) is 16.9 Å². The summed E-state index contributed by atoms with van der Waals surface area (Å²) in [5, 5.41) is 0. The maximum atomic E-state index is 11.0. The molecule has 0 unspecified atom stereocenters. The van der Waals surface area contributed by atoms with Gasteiger partial charge in [-0.25, -0.2) is 4.98 Å². The van der Waals surface area contributed by atoms with Gasteiger partial charge >= 0.3 is 0 Å². The minimum atomic E-state index is -0.0117. The molecule has 3 nitrogen and oxygen atoms in total. The number of carbonyl (C=O) groups is 1. The van der Waals surface area contributed by atoms with Crippen LogP contribution in [0.25, 0.3) is 0 Å². The molecule has 0 amide bonds. The van der Waals surface area contributed by atoms with Crippen molar-refractivity contribution in [1.82, 2.24) is 4.98 Å². The first-order valence-corrected chi connectivity index (χ1v) is 5.39. The van der Waals surface area contributed by atoms with Crippen LogP contribution in [0.4, 0.5) is 0 Å². The second kappa shape index (κ2) is 4.43. The van der Waals surface area contributed by atoms with Crippen molar-refractivity contribution in [1.29, 1.82) is 0 Å². The molecule has 0 radical (unpaired) electrons. The molecule has 80 valence electrons. The van der Waals surface area contributed by atoms with Gasteiger partial charge in [0.25, 0.3) is 0 Å². The lowest BCUT2D eigenvalue weighted by Gasteiger charge is -2.12. The van der Waals surface area contributed by atoms with Gasteiger partial charge in [0.15, 0.2) is 5.78 Å². The minimum absolute atomic E-state index is 0.0117. The van der Waals surface area contributed by atoms with E-state index in [0.29, 0.717) is 11.8 Å². The summed E-state index contributed by atoms with van der Waals surface area (Å²) in [5.74, 6) is 0.759. The highest BCUT2D eigenvalue weighted by atomic mass is 16.5. The van der Waals surface area contributed by atoms with Crippen LogP contribution in [0.3, 0.4) is 0 Å². The standard InChI is InChI=1S/C12H15NO2/c1-9(14)12-7-6-11(8-13-12)15-10-4-2-3-5-10/h6-8,10H,2-5H2,1H3. The van der Waals surface area contributed by atoms with Gasteiger partial charge in [0.05, 0.1) is 12.3 Å². The van der Waals surface area contributed by atoms with Gasteiger partial charge in [-0.3, -0.25) is 4.79 Å². The molecule has 0 aromatic carbocycles. The highest BCUT2D eigenvalue weighted by molar-refractivity contribution is 5.92. The Morgan fingerprint density at radius 3 is 2.67 bits per heavy atom. The summed E-state index contributed by atoms with van der Waals surface area (Å²) in [5.41, 5.74) is 0.494. The number of ether oxygens (including phenoxy) is 1. The van der Waals surface area contributed by atoms with Gasteiger partial charge < -0.3 is 4.74 Å². The van der Waals surface area contributed by atoms with Crippen LogP contribution in [0, 0.1) is 0 Å². The summed E-state index contributed by atoms with van der Waals surface area (Å²) < 4.78 is 5.74. The third kappa shape index (κ3) is 2.55. The molecule has 1 heterocycles. The van der Waals surface area contributed by atoms with Gasteiger partial charge in [0.2, 0.25) is 0 Å². The number of Topliss-reactive ketones (excluding diaryl/α,β-unsaturated/α-hetero) is 1. The van der Waals surface area contributed by atoms with Crippen LogP contribution in [0.2, 0.25) is 0 Å². The van der Waals surface area contributed by atoms with E-state index in [2.05, 4.69) is 4.98 Å². The van der Waals surface area contributed by atoms with Crippen molar-refractivity contribution in [3.63, 3.8) is 0 Å². The Balaban J connectivity index is 2.00. The maximum Gasteiger partial charge on any atom is 0.178 e. The van der Waals surface area contributed by atoms with E-state index in [-0.39, 0.29) is 5.78 Å². The summed E-state index contributed by atoms with van der Waals surface area (Å²) >= 11 is 0. The molecular weight excluding hydrogens is 190 g/mol. The van der Waals surface area contributed by atoms with Crippen molar-refractivity contribution in [2.45, 2.75) is 38.7 Å². The topological polar surface area (TPSA) is 39.2 Å². The van der Waals surface area contributed by atoms with Crippen LogP contribution < -0.4 is 4.74 Å². The van der Waals surface area contributed by atoms with E-state index in [1.807, 2.05) is 6.07 Å². The van der Waals surface area contributed by atoms with Gasteiger partial charge in [0.1, 0.15) is 11.4 Å². The molecule has 3 heteroatoms. The van der Waals surface area contributed by atoms with Gasteiger partial charge in [-0.15, -0.1) is 0 Å². The molecule has 0 saturated heterocycles. The SMILES string of the molecule is CC(=O)c1ccc(OC2CCCC2)cn1. The van der Waals surface area contributed by atoms with Crippen LogP contribution >= 0.6 is 0 Å². The fraction of sp³-hybridized carbons (Fsp3) is 0.500. The van der Waals surface area contributed by atoms with Crippen molar-refractivity contribution < 1.29 is 9.53 Å². The van der Waals surface area contributed by atoms with Crippen molar-refractivity contribution in [3.8, 4) is 5.75 Å². The van der Waals surface area contributed by atoms with E-state index in [1.165, 1.54) is 19.8 Å². The van der Waals surface area contributed by atoms with Crippen molar-refractivity contribution in [2.24, 2.45) is 0 Å². The Morgan fingerprint density at radius 2 is 2.13 bits per heavy atom. The maximum absolute atomic E-state index is 11.0. The van der Waals surface area contributed by atoms with Crippen LogP contribution in [0.5, 0.6) is 5.75 Å². The van der Waals surface area contributed by atoms with E-state index in [4.69, 9.17) is 4.74 Å². The van der Waals surface area contributed by atoms with E-state index in [9.17, 15) is 4.79 Å². The largest absolute Gasteiger partial charge is 0.489 e. The molecule has 1 aromatic heterocycles. The zero-order valence-corrected chi connectivity index (χ0v) is 8.90. The monoisotopic (exact) mass is 205 g/mol. The fourth-order valence-corrected chi connectivity index (χ4v) is 1.86. The average Bonchev–Trinajstić information content (AvgIpc) is 2.71. The molecule has 0 aliphatic heterocycles. The molecule has 2 rings (SSSR count). The number of hydrogen-bond acceptors (Lipinski definition) is 3. The molecule has 0 bridgehead atoms. The molecule has 1 saturated carbocycles. The second-order valence-electron chi connectivity index (χ2n) is 3.96. The van der Waals surface area contributed by atoms with Gasteiger partial charge in [0, 0.05) is 6.92 Å². The van der Waals surface area contributed by atoms with Crippen molar-refractivity contribution in [3.05, 3.63) is 24.0 Å². The molecule has 1 aliphatic rings. The zero-order valence-electron chi connectivity index (χ0n) is 8.90. The molecule has 1 fully saturated rings. The molecule has 0 N–H and O–H groups in total. The molecule has 15 heavy (non-hydrogen) atoms. The van der Waals surface area contributed by atoms with E-state index in [0.717, 1.165) is 18.6 Å². The van der Waals surface area contributed by atoms with Crippen molar-refractivity contribution >= 4 is 5.78 Å². The van der Waals surface area contributed by atoms with Crippen molar-refractivity contribution in [2.75, 3.05) is 0 Å². The summed E-state index contributed by atoms with van der Waals surface area (Å²) in [6, 6.07) is 3.54. The average molecular weight is 205 g/mol. The highest BCUT2D eigenvalue weighted by Crippen LogP contribution is 2.23. The molecule has 0 spiro atoms. The zero-order chi connectivity index (χ0) is 10.7. The predicted molar refractivity (Wildman–Crippen MR) is 57.1 cm³/mol. The van der Waals surface area contributed by atoms with E-state index >= 15 is 0 Å². The molecular formula is C12H15NO2.